The summed E-state index contributed by atoms with van der Waals surface area (Å²) in [7, 11) is 1.94. The Balaban J connectivity index is 0.00000392. The number of benzene rings is 1. The number of halogens is 2. The van der Waals surface area contributed by atoms with Gasteiger partial charge in [-0.25, -0.2) is 4.39 Å². The molecule has 0 aliphatic carbocycles. The number of aromatic nitrogens is 2. The molecule has 156 valence electrons. The van der Waals surface area contributed by atoms with Gasteiger partial charge in [0.1, 0.15) is 11.9 Å². The standard InChI is InChI=1S/C20H30FN5O.HI/c1-6-22-20(23-12-19(27)16-9-7-8-10-18(16)21)24-13(2)11-17-14(3)25-26(5)15(17)4;/h7-10,13,19,27H,6,11-12H2,1-5H3,(H2,22,23,24);1H. The molecule has 2 unspecified atom stereocenters. The molecule has 2 atom stereocenters. The van der Waals surface area contributed by atoms with E-state index < -0.39 is 11.9 Å². The van der Waals surface area contributed by atoms with Crippen molar-refractivity contribution < 1.29 is 9.50 Å². The van der Waals surface area contributed by atoms with E-state index in [4.69, 9.17) is 0 Å². The zero-order valence-electron chi connectivity index (χ0n) is 17.2. The third kappa shape index (κ3) is 6.44. The highest BCUT2D eigenvalue weighted by atomic mass is 127. The molecule has 8 heteroatoms. The average Bonchev–Trinajstić information content (AvgIpc) is 2.86. The number of nitrogens with zero attached hydrogens (tertiary/aromatic N) is 3. The van der Waals surface area contributed by atoms with E-state index in [1.165, 1.54) is 11.6 Å². The van der Waals surface area contributed by atoms with Gasteiger partial charge in [0.05, 0.1) is 12.2 Å². The third-order valence-corrected chi connectivity index (χ3v) is 4.58. The Hall–Kier alpha value is -1.68. The Morgan fingerprint density at radius 1 is 1.32 bits per heavy atom. The Labute approximate surface area is 183 Å². The molecule has 0 fully saturated rings. The molecule has 0 aliphatic rings. The van der Waals surface area contributed by atoms with E-state index in [0.29, 0.717) is 12.5 Å². The monoisotopic (exact) mass is 503 g/mol. The largest absolute Gasteiger partial charge is 0.386 e. The molecular weight excluding hydrogens is 472 g/mol. The highest BCUT2D eigenvalue weighted by molar-refractivity contribution is 14.0. The van der Waals surface area contributed by atoms with Crippen LogP contribution in [0.4, 0.5) is 4.39 Å². The summed E-state index contributed by atoms with van der Waals surface area (Å²) in [4.78, 5) is 4.42. The number of guanidine groups is 1. The van der Waals surface area contributed by atoms with E-state index in [1.54, 1.807) is 18.2 Å². The van der Waals surface area contributed by atoms with Crippen molar-refractivity contribution in [2.45, 2.75) is 46.3 Å². The lowest BCUT2D eigenvalue weighted by Crippen LogP contribution is -2.43. The summed E-state index contributed by atoms with van der Waals surface area (Å²) in [6.07, 6.45) is -0.175. The maximum absolute atomic E-state index is 13.8. The number of aliphatic imine (C=N–C) groups is 1. The van der Waals surface area contributed by atoms with Crippen LogP contribution in [0.3, 0.4) is 0 Å². The van der Waals surface area contributed by atoms with Crippen molar-refractivity contribution in [3.8, 4) is 0 Å². The second-order valence-electron chi connectivity index (χ2n) is 6.78. The summed E-state index contributed by atoms with van der Waals surface area (Å²) in [5.74, 6) is 0.175. The number of rotatable bonds is 7. The maximum atomic E-state index is 13.8. The first-order valence-corrected chi connectivity index (χ1v) is 9.29. The van der Waals surface area contributed by atoms with Crippen LogP contribution in [0.15, 0.2) is 29.3 Å². The molecule has 0 saturated heterocycles. The van der Waals surface area contributed by atoms with Crippen LogP contribution in [0, 0.1) is 19.7 Å². The molecule has 0 aliphatic heterocycles. The molecule has 1 aromatic heterocycles. The summed E-state index contributed by atoms with van der Waals surface area (Å²) in [5.41, 5.74) is 3.66. The second-order valence-corrected chi connectivity index (χ2v) is 6.78. The van der Waals surface area contributed by atoms with Gasteiger partial charge in [-0.1, -0.05) is 18.2 Å². The van der Waals surface area contributed by atoms with Crippen LogP contribution in [0.2, 0.25) is 0 Å². The van der Waals surface area contributed by atoms with Crippen molar-refractivity contribution in [2.75, 3.05) is 13.1 Å². The van der Waals surface area contributed by atoms with Gasteiger partial charge in [0, 0.05) is 30.9 Å². The summed E-state index contributed by atoms with van der Waals surface area (Å²) in [6.45, 7) is 8.90. The molecule has 2 aromatic rings. The fraction of sp³-hybridized carbons (Fsp3) is 0.500. The lowest BCUT2D eigenvalue weighted by molar-refractivity contribution is 0.182. The zero-order valence-corrected chi connectivity index (χ0v) is 19.5. The Bertz CT molecular complexity index is 793. The van der Waals surface area contributed by atoms with Gasteiger partial charge in [0.25, 0.3) is 0 Å². The zero-order chi connectivity index (χ0) is 20.0. The molecule has 0 radical (unpaired) electrons. The summed E-state index contributed by atoms with van der Waals surface area (Å²) < 4.78 is 15.7. The molecule has 0 amide bonds. The van der Waals surface area contributed by atoms with Crippen molar-refractivity contribution in [3.63, 3.8) is 0 Å². The van der Waals surface area contributed by atoms with Crippen LogP contribution in [-0.2, 0) is 13.5 Å². The molecule has 28 heavy (non-hydrogen) atoms. The Kier molecular flexibility index (Phi) is 9.88. The predicted octanol–water partition coefficient (Wildman–Crippen LogP) is 3.01. The first-order chi connectivity index (χ1) is 12.8. The fourth-order valence-corrected chi connectivity index (χ4v) is 3.04. The van der Waals surface area contributed by atoms with Gasteiger partial charge < -0.3 is 15.7 Å². The van der Waals surface area contributed by atoms with E-state index in [-0.39, 0.29) is 42.1 Å². The molecule has 0 bridgehead atoms. The molecule has 6 nitrogen and oxygen atoms in total. The normalized spacial score (nSPS) is 13.6. The number of aliphatic hydroxyl groups excluding tert-OH is 1. The van der Waals surface area contributed by atoms with Gasteiger partial charge in [-0.05, 0) is 45.7 Å². The van der Waals surface area contributed by atoms with Crippen LogP contribution in [0.25, 0.3) is 0 Å². The van der Waals surface area contributed by atoms with Gasteiger partial charge >= 0.3 is 0 Å². The number of hydrogen-bond donors (Lipinski definition) is 3. The summed E-state index contributed by atoms with van der Waals surface area (Å²) in [5, 5.41) is 21.2. The SMILES string of the molecule is CCNC(=NCC(O)c1ccccc1F)NC(C)Cc1c(C)nn(C)c1C.I. The lowest BCUT2D eigenvalue weighted by Gasteiger charge is -2.19. The van der Waals surface area contributed by atoms with Crippen LogP contribution < -0.4 is 10.6 Å². The van der Waals surface area contributed by atoms with E-state index in [1.807, 2.05) is 25.6 Å². The van der Waals surface area contributed by atoms with Gasteiger partial charge in [-0.15, -0.1) is 24.0 Å². The van der Waals surface area contributed by atoms with Crippen molar-refractivity contribution in [1.29, 1.82) is 0 Å². The van der Waals surface area contributed by atoms with Crippen LogP contribution in [0.1, 0.15) is 42.5 Å². The molecule has 2 rings (SSSR count). The highest BCUT2D eigenvalue weighted by Gasteiger charge is 2.15. The van der Waals surface area contributed by atoms with Gasteiger partial charge in [-0.2, -0.15) is 5.10 Å². The minimum atomic E-state index is -0.986. The molecule has 1 heterocycles. The van der Waals surface area contributed by atoms with Gasteiger partial charge in [0.2, 0.25) is 0 Å². The summed E-state index contributed by atoms with van der Waals surface area (Å²) in [6, 6.07) is 6.34. The Morgan fingerprint density at radius 2 is 2.00 bits per heavy atom. The number of hydrogen-bond acceptors (Lipinski definition) is 3. The molecule has 1 aromatic carbocycles. The quantitative estimate of drug-likeness (QED) is 0.309. The number of aliphatic hydroxyl groups is 1. The van der Waals surface area contributed by atoms with Crippen molar-refractivity contribution in [2.24, 2.45) is 12.0 Å². The van der Waals surface area contributed by atoms with E-state index in [0.717, 1.165) is 17.8 Å². The van der Waals surface area contributed by atoms with Crippen LogP contribution in [0.5, 0.6) is 0 Å². The molecule has 0 spiro atoms. The second kappa shape index (κ2) is 11.4. The lowest BCUT2D eigenvalue weighted by atomic mass is 10.1. The van der Waals surface area contributed by atoms with Gasteiger partial charge in [0.15, 0.2) is 5.96 Å². The van der Waals surface area contributed by atoms with Crippen LogP contribution >= 0.6 is 24.0 Å². The fourth-order valence-electron chi connectivity index (χ4n) is 3.04. The highest BCUT2D eigenvalue weighted by Crippen LogP contribution is 2.17. The van der Waals surface area contributed by atoms with Gasteiger partial charge in [-0.3, -0.25) is 9.67 Å². The number of aryl methyl sites for hydroxylation is 2. The molecule has 0 saturated carbocycles. The molecular formula is C20H31FIN5O. The summed E-state index contributed by atoms with van der Waals surface area (Å²) >= 11 is 0. The average molecular weight is 503 g/mol. The van der Waals surface area contributed by atoms with Crippen LogP contribution in [-0.4, -0.2) is 40.0 Å². The van der Waals surface area contributed by atoms with E-state index >= 15 is 0 Å². The first-order valence-electron chi connectivity index (χ1n) is 9.29. The third-order valence-electron chi connectivity index (χ3n) is 4.58. The Morgan fingerprint density at radius 3 is 2.57 bits per heavy atom. The first kappa shape index (κ1) is 24.4. The van der Waals surface area contributed by atoms with E-state index in [9.17, 15) is 9.50 Å². The van der Waals surface area contributed by atoms with Crippen molar-refractivity contribution in [1.82, 2.24) is 20.4 Å². The maximum Gasteiger partial charge on any atom is 0.191 e. The minimum absolute atomic E-state index is 0. The molecule has 3 N–H and O–H groups in total. The van der Waals surface area contributed by atoms with Crippen molar-refractivity contribution in [3.05, 3.63) is 52.6 Å². The predicted molar refractivity (Wildman–Crippen MR) is 122 cm³/mol. The topological polar surface area (TPSA) is 74.5 Å². The minimum Gasteiger partial charge on any atom is -0.386 e. The van der Waals surface area contributed by atoms with E-state index in [2.05, 4.69) is 34.6 Å². The number of nitrogens with one attached hydrogen (secondary N) is 2. The smallest absolute Gasteiger partial charge is 0.191 e. The van der Waals surface area contributed by atoms with Crippen molar-refractivity contribution >= 4 is 29.9 Å².